The van der Waals surface area contributed by atoms with Gasteiger partial charge in [-0.2, -0.15) is 87.4 Å². The van der Waals surface area contributed by atoms with Crippen molar-refractivity contribution in [2.24, 2.45) is 0 Å². The summed E-state index contributed by atoms with van der Waals surface area (Å²) in [5.74, 6) is 0. The number of hydrogen-bond donors (Lipinski definition) is 0. The number of allylic oxidation sites excluding steroid dienone is 16. The predicted octanol–water partition coefficient (Wildman–Crippen LogP) is 10.6. The standard InChI is InChI=1S/2C7H7.4C5H5.2C2H5.2Ti/c2*1-7-5-3-2-4-6-7;4*1-2-4-5-3-1;2*1-2;;/h2*2-6H,1H2;4*1-3H,4H2;2*1H2,2H3;;/q8*-1;2*+4. The minimum atomic E-state index is 0. The molecule has 6 rings (SSSR count). The van der Waals surface area contributed by atoms with Gasteiger partial charge in [-0.1, -0.05) is 12.1 Å². The van der Waals surface area contributed by atoms with E-state index in [9.17, 15) is 0 Å². The molecule has 2 aromatic carbocycles. The summed E-state index contributed by atoms with van der Waals surface area (Å²) < 4.78 is 0. The van der Waals surface area contributed by atoms with E-state index in [-0.39, 0.29) is 43.4 Å². The third-order valence-electron chi connectivity index (χ3n) is 4.03. The van der Waals surface area contributed by atoms with Gasteiger partial charge in [-0.15, -0.1) is 49.9 Å². The molecule has 0 spiro atoms. The zero-order valence-corrected chi connectivity index (χ0v) is 27.5. The summed E-state index contributed by atoms with van der Waals surface area (Å²) in [6.45, 7) is 17.4. The Morgan fingerprint density at radius 3 is 0.725 bits per heavy atom. The Hall–Kier alpha value is -2.47. The molecule has 4 aliphatic rings. The van der Waals surface area contributed by atoms with Crippen LogP contribution in [0, 0.1) is 52.0 Å². The van der Waals surface area contributed by atoms with Gasteiger partial charge in [0.05, 0.1) is 0 Å². The Bertz CT molecular complexity index is 792. The molecule has 0 N–H and O–H groups in total. The van der Waals surface area contributed by atoms with Crippen molar-refractivity contribution < 1.29 is 43.4 Å². The molecule has 0 atom stereocenters. The van der Waals surface area contributed by atoms with Gasteiger partial charge in [0, 0.05) is 0 Å². The zero-order chi connectivity index (χ0) is 28.4. The molecule has 0 nitrogen and oxygen atoms in total. The molecule has 0 radical (unpaired) electrons. The van der Waals surface area contributed by atoms with Crippen LogP contribution in [-0.4, -0.2) is 0 Å². The minimum Gasteiger partial charge on any atom is -0.346 e. The Morgan fingerprint density at radius 2 is 0.650 bits per heavy atom. The van der Waals surface area contributed by atoms with E-state index in [0.29, 0.717) is 0 Å². The van der Waals surface area contributed by atoms with Crippen LogP contribution in [0.25, 0.3) is 0 Å². The maximum atomic E-state index is 3.72. The molecular weight excluding hydrogens is 552 g/mol. The van der Waals surface area contributed by atoms with Crippen LogP contribution >= 0.6 is 0 Å². The summed E-state index contributed by atoms with van der Waals surface area (Å²) in [6, 6.07) is 19.7. The molecule has 0 unspecified atom stereocenters. The maximum absolute atomic E-state index is 3.72. The molecule has 4 aliphatic carbocycles. The third kappa shape index (κ3) is 37.7. The fourth-order valence-electron chi connectivity index (χ4n) is 2.32. The fraction of sp³-hybridized carbons (Fsp3) is 0.158. The molecule has 2 aromatic rings. The van der Waals surface area contributed by atoms with Crippen molar-refractivity contribution in [1.29, 1.82) is 0 Å². The number of rotatable bonds is 0. The largest absolute Gasteiger partial charge is 4.00 e. The van der Waals surface area contributed by atoms with Crippen LogP contribution in [0.5, 0.6) is 0 Å². The van der Waals surface area contributed by atoms with E-state index in [1.165, 1.54) is 0 Å². The van der Waals surface area contributed by atoms with E-state index < -0.39 is 0 Å². The van der Waals surface area contributed by atoms with Crippen LogP contribution in [0.2, 0.25) is 0 Å². The first-order valence-electron chi connectivity index (χ1n) is 12.8. The van der Waals surface area contributed by atoms with E-state index in [1.54, 1.807) is 13.8 Å². The van der Waals surface area contributed by atoms with Crippen molar-refractivity contribution in [2.75, 3.05) is 0 Å². The molecule has 0 aromatic heterocycles. The van der Waals surface area contributed by atoms with Crippen molar-refractivity contribution >= 4 is 0 Å². The second-order valence-corrected chi connectivity index (χ2v) is 6.98. The van der Waals surface area contributed by atoms with E-state index in [1.807, 2.05) is 109 Å². The summed E-state index contributed by atoms with van der Waals surface area (Å²) >= 11 is 0. The predicted molar refractivity (Wildman–Crippen MR) is 170 cm³/mol. The molecule has 0 bridgehead atoms. The van der Waals surface area contributed by atoms with Crippen LogP contribution in [0.4, 0.5) is 0 Å². The van der Waals surface area contributed by atoms with Crippen LogP contribution in [0.3, 0.4) is 0 Å². The first-order chi connectivity index (χ1) is 18.8. The van der Waals surface area contributed by atoms with Crippen molar-refractivity contribution in [3.63, 3.8) is 0 Å². The molecule has 0 amide bonds. The summed E-state index contributed by atoms with van der Waals surface area (Å²) in [4.78, 5) is 0. The van der Waals surface area contributed by atoms with Gasteiger partial charge < -0.3 is 13.8 Å². The average Bonchev–Trinajstić information content (AvgIpc) is 3.84. The van der Waals surface area contributed by atoms with Crippen LogP contribution in [0.15, 0.2) is 134 Å². The van der Waals surface area contributed by atoms with Gasteiger partial charge in [-0.05, 0) is 0 Å². The smallest absolute Gasteiger partial charge is 0.346 e. The number of benzene rings is 2. The van der Waals surface area contributed by atoms with Crippen molar-refractivity contribution in [3.8, 4) is 0 Å². The van der Waals surface area contributed by atoms with Gasteiger partial charge in [-0.25, -0.2) is 48.6 Å². The van der Waals surface area contributed by atoms with Gasteiger partial charge in [0.2, 0.25) is 0 Å². The van der Waals surface area contributed by atoms with Gasteiger partial charge >= 0.3 is 43.4 Å². The monoisotopic (exact) mass is 596 g/mol. The molecule has 204 valence electrons. The first-order valence-corrected chi connectivity index (χ1v) is 12.8. The zero-order valence-electron chi connectivity index (χ0n) is 24.4. The topological polar surface area (TPSA) is 0 Å². The van der Waals surface area contributed by atoms with Crippen molar-refractivity contribution in [3.05, 3.63) is 197 Å². The molecule has 0 saturated carbocycles. The molecule has 0 heterocycles. The molecule has 0 fully saturated rings. The van der Waals surface area contributed by atoms with Crippen LogP contribution < -0.4 is 0 Å². The second-order valence-electron chi connectivity index (χ2n) is 6.98. The van der Waals surface area contributed by atoms with Gasteiger partial charge in [0.1, 0.15) is 0 Å². The van der Waals surface area contributed by atoms with E-state index in [0.717, 1.165) is 36.8 Å². The normalized spacial score (nSPS) is 12.1. The SMILES string of the molecule is [C-]1=CC=CC1.[C-]1=CC=CC1.[C-]1=CC=CC1.[C-]1=CC=CC1.[CH2-]C.[CH2-]C.[CH2-]c1ccccc1.[CH2-]c1ccccc1.[Ti+4].[Ti+4]. The Balaban J connectivity index is -0.000000189. The summed E-state index contributed by atoms with van der Waals surface area (Å²) in [5, 5.41) is 0. The molecule has 2 heteroatoms. The van der Waals surface area contributed by atoms with Crippen LogP contribution in [0.1, 0.15) is 50.7 Å². The molecular formula is C38H44Ti2. The summed E-state index contributed by atoms with van der Waals surface area (Å²) in [7, 11) is 0. The Morgan fingerprint density at radius 1 is 0.425 bits per heavy atom. The summed E-state index contributed by atoms with van der Waals surface area (Å²) in [5.41, 5.74) is 2.14. The Labute approximate surface area is 277 Å². The molecule has 0 aliphatic heterocycles. The van der Waals surface area contributed by atoms with Gasteiger partial charge in [0.25, 0.3) is 0 Å². The maximum Gasteiger partial charge on any atom is 4.00 e. The summed E-state index contributed by atoms with van der Waals surface area (Å²) in [6.07, 6.45) is 40.0. The van der Waals surface area contributed by atoms with Crippen LogP contribution in [-0.2, 0) is 43.4 Å². The van der Waals surface area contributed by atoms with Crippen molar-refractivity contribution in [2.45, 2.75) is 39.5 Å². The fourth-order valence-corrected chi connectivity index (χ4v) is 2.32. The average molecular weight is 597 g/mol. The van der Waals surface area contributed by atoms with E-state index in [2.05, 4.69) is 76.3 Å². The van der Waals surface area contributed by atoms with E-state index >= 15 is 0 Å². The minimum absolute atomic E-state index is 0. The Kier molecular flexibility index (Phi) is 45.7. The van der Waals surface area contributed by atoms with Gasteiger partial charge in [0.15, 0.2) is 0 Å². The number of hydrogen-bond acceptors (Lipinski definition) is 0. The van der Waals surface area contributed by atoms with E-state index in [4.69, 9.17) is 0 Å². The molecule has 40 heavy (non-hydrogen) atoms. The van der Waals surface area contributed by atoms with Crippen molar-refractivity contribution in [1.82, 2.24) is 0 Å². The molecule has 0 saturated heterocycles. The second kappa shape index (κ2) is 41.0. The third-order valence-corrected chi connectivity index (χ3v) is 4.03. The first kappa shape index (κ1) is 44.5. The van der Waals surface area contributed by atoms with Gasteiger partial charge in [-0.3, -0.25) is 24.3 Å². The quantitative estimate of drug-likeness (QED) is 0.210.